The van der Waals surface area contributed by atoms with Crippen LogP contribution in [0, 0.1) is 0 Å². The number of rotatable bonds is 4. The second kappa shape index (κ2) is 4.46. The molecule has 1 unspecified atom stereocenters. The highest BCUT2D eigenvalue weighted by atomic mass is 16.1. The lowest BCUT2D eigenvalue weighted by molar-refractivity contribution is 0.502. The van der Waals surface area contributed by atoms with Crippen molar-refractivity contribution in [1.29, 1.82) is 0 Å². The summed E-state index contributed by atoms with van der Waals surface area (Å²) in [6.07, 6.45) is 4.51. The van der Waals surface area contributed by atoms with Gasteiger partial charge in [-0.25, -0.2) is 4.79 Å². The predicted octanol–water partition coefficient (Wildman–Crippen LogP) is 0.968. The van der Waals surface area contributed by atoms with Crippen LogP contribution >= 0.6 is 0 Å². The maximum absolute atomic E-state index is 11.7. The summed E-state index contributed by atoms with van der Waals surface area (Å²) in [7, 11) is 0. The van der Waals surface area contributed by atoms with Crippen LogP contribution in [0.1, 0.15) is 33.2 Å². The summed E-state index contributed by atoms with van der Waals surface area (Å²) < 4.78 is 3.39. The van der Waals surface area contributed by atoms with E-state index in [2.05, 4.69) is 0 Å². The van der Waals surface area contributed by atoms with Gasteiger partial charge in [0.25, 0.3) is 0 Å². The van der Waals surface area contributed by atoms with Gasteiger partial charge in [0.05, 0.1) is 0 Å². The fourth-order valence-electron chi connectivity index (χ4n) is 1.34. The molecular formula is C10H19N3O. The Hall–Kier alpha value is -1.03. The molecule has 0 radical (unpaired) electrons. The molecule has 80 valence electrons. The summed E-state index contributed by atoms with van der Waals surface area (Å²) in [6.45, 7) is 6.61. The van der Waals surface area contributed by atoms with E-state index in [1.807, 2.05) is 27.0 Å². The lowest BCUT2D eigenvalue weighted by atomic mass is 10.2. The molecule has 0 spiro atoms. The van der Waals surface area contributed by atoms with Gasteiger partial charge in [-0.3, -0.25) is 9.13 Å². The Morgan fingerprint density at radius 3 is 2.50 bits per heavy atom. The van der Waals surface area contributed by atoms with Crippen LogP contribution in [0.4, 0.5) is 0 Å². The van der Waals surface area contributed by atoms with Crippen LogP contribution in [0.25, 0.3) is 0 Å². The Balaban J connectivity index is 2.85. The van der Waals surface area contributed by atoms with Gasteiger partial charge in [0.1, 0.15) is 0 Å². The van der Waals surface area contributed by atoms with Crippen LogP contribution < -0.4 is 11.4 Å². The highest BCUT2D eigenvalue weighted by Gasteiger charge is 2.07. The molecule has 0 aliphatic rings. The van der Waals surface area contributed by atoms with Crippen LogP contribution in [-0.2, 0) is 6.54 Å². The second-order valence-corrected chi connectivity index (χ2v) is 3.90. The molecular weight excluding hydrogens is 178 g/mol. The van der Waals surface area contributed by atoms with Crippen molar-refractivity contribution < 1.29 is 0 Å². The Morgan fingerprint density at radius 2 is 2.07 bits per heavy atom. The molecule has 1 heterocycles. The Morgan fingerprint density at radius 1 is 1.43 bits per heavy atom. The third-order valence-corrected chi connectivity index (χ3v) is 2.39. The van der Waals surface area contributed by atoms with Crippen molar-refractivity contribution >= 4 is 0 Å². The van der Waals surface area contributed by atoms with Crippen LogP contribution in [0.5, 0.6) is 0 Å². The summed E-state index contributed by atoms with van der Waals surface area (Å²) >= 11 is 0. The second-order valence-electron chi connectivity index (χ2n) is 3.90. The topological polar surface area (TPSA) is 52.9 Å². The first kappa shape index (κ1) is 11.0. The molecule has 0 saturated heterocycles. The van der Waals surface area contributed by atoms with E-state index in [0.29, 0.717) is 6.54 Å². The lowest BCUT2D eigenvalue weighted by Crippen LogP contribution is -2.32. The van der Waals surface area contributed by atoms with Crippen molar-refractivity contribution in [3.05, 3.63) is 22.9 Å². The highest BCUT2D eigenvalue weighted by Crippen LogP contribution is 1.99. The van der Waals surface area contributed by atoms with Crippen LogP contribution in [0.15, 0.2) is 17.2 Å². The highest BCUT2D eigenvalue weighted by molar-refractivity contribution is 4.84. The maximum atomic E-state index is 11.7. The van der Waals surface area contributed by atoms with E-state index in [1.165, 1.54) is 0 Å². The summed E-state index contributed by atoms with van der Waals surface area (Å²) in [5.74, 6) is 0. The Bertz CT molecular complexity index is 337. The number of imidazole rings is 1. The molecule has 1 aromatic rings. The van der Waals surface area contributed by atoms with E-state index < -0.39 is 0 Å². The fraction of sp³-hybridized carbons (Fsp3) is 0.700. The SMILES string of the molecule is CCC(N)Cn1ccn(C(C)C)c1=O. The first-order chi connectivity index (χ1) is 6.56. The molecule has 0 aromatic carbocycles. The first-order valence-corrected chi connectivity index (χ1v) is 5.09. The summed E-state index contributed by atoms with van der Waals surface area (Å²) in [4.78, 5) is 11.7. The smallest absolute Gasteiger partial charge is 0.326 e. The van der Waals surface area contributed by atoms with Gasteiger partial charge in [-0.15, -0.1) is 0 Å². The van der Waals surface area contributed by atoms with Crippen molar-refractivity contribution in [2.75, 3.05) is 0 Å². The average molecular weight is 197 g/mol. The minimum Gasteiger partial charge on any atom is -0.326 e. The van der Waals surface area contributed by atoms with Crippen molar-refractivity contribution in [2.45, 2.75) is 45.8 Å². The molecule has 0 bridgehead atoms. The fourth-order valence-corrected chi connectivity index (χ4v) is 1.34. The zero-order chi connectivity index (χ0) is 10.7. The zero-order valence-corrected chi connectivity index (χ0v) is 9.10. The number of hydrogen-bond acceptors (Lipinski definition) is 2. The van der Waals surface area contributed by atoms with Crippen LogP contribution in [0.3, 0.4) is 0 Å². The number of nitrogens with zero attached hydrogens (tertiary/aromatic N) is 2. The molecule has 4 heteroatoms. The molecule has 2 N–H and O–H groups in total. The third-order valence-electron chi connectivity index (χ3n) is 2.39. The van der Waals surface area contributed by atoms with E-state index in [4.69, 9.17) is 5.73 Å². The van der Waals surface area contributed by atoms with Gasteiger partial charge in [0.15, 0.2) is 0 Å². The van der Waals surface area contributed by atoms with Crippen LogP contribution in [-0.4, -0.2) is 15.2 Å². The average Bonchev–Trinajstić information content (AvgIpc) is 2.48. The van der Waals surface area contributed by atoms with Crippen molar-refractivity contribution in [2.24, 2.45) is 5.73 Å². The molecule has 4 nitrogen and oxygen atoms in total. The van der Waals surface area contributed by atoms with E-state index in [9.17, 15) is 4.79 Å². The summed E-state index contributed by atoms with van der Waals surface area (Å²) in [5.41, 5.74) is 5.82. The van der Waals surface area contributed by atoms with Gasteiger partial charge in [-0.1, -0.05) is 6.92 Å². The van der Waals surface area contributed by atoms with Gasteiger partial charge in [0.2, 0.25) is 0 Å². The molecule has 0 aliphatic heterocycles. The van der Waals surface area contributed by atoms with Crippen molar-refractivity contribution in [3.63, 3.8) is 0 Å². The number of aromatic nitrogens is 2. The normalized spacial score (nSPS) is 13.5. The molecule has 0 amide bonds. The van der Waals surface area contributed by atoms with E-state index in [1.54, 1.807) is 15.3 Å². The summed E-state index contributed by atoms with van der Waals surface area (Å²) in [5, 5.41) is 0. The van der Waals surface area contributed by atoms with Crippen LogP contribution in [0.2, 0.25) is 0 Å². The predicted molar refractivity (Wildman–Crippen MR) is 57.3 cm³/mol. The molecule has 0 fully saturated rings. The van der Waals surface area contributed by atoms with Gasteiger partial charge >= 0.3 is 5.69 Å². The van der Waals surface area contributed by atoms with E-state index in [0.717, 1.165) is 6.42 Å². The molecule has 1 rings (SSSR count). The molecule has 0 saturated carbocycles. The zero-order valence-electron chi connectivity index (χ0n) is 9.10. The standard InChI is InChI=1S/C10H19N3O/c1-4-9(11)7-12-5-6-13(8(2)3)10(12)14/h5-6,8-9H,4,7,11H2,1-3H3. The van der Waals surface area contributed by atoms with E-state index in [-0.39, 0.29) is 17.8 Å². The van der Waals surface area contributed by atoms with Gasteiger partial charge in [-0.05, 0) is 20.3 Å². The molecule has 1 aromatic heterocycles. The third kappa shape index (κ3) is 2.26. The Kier molecular flexibility index (Phi) is 3.52. The number of hydrogen-bond donors (Lipinski definition) is 1. The quantitative estimate of drug-likeness (QED) is 0.782. The lowest BCUT2D eigenvalue weighted by Gasteiger charge is -2.09. The molecule has 14 heavy (non-hydrogen) atoms. The maximum Gasteiger partial charge on any atom is 0.328 e. The number of nitrogens with two attached hydrogens (primary N) is 1. The van der Waals surface area contributed by atoms with Crippen molar-refractivity contribution in [1.82, 2.24) is 9.13 Å². The van der Waals surface area contributed by atoms with E-state index >= 15 is 0 Å². The van der Waals surface area contributed by atoms with Gasteiger partial charge < -0.3 is 5.73 Å². The Labute approximate surface area is 84.3 Å². The van der Waals surface area contributed by atoms with Crippen molar-refractivity contribution in [3.8, 4) is 0 Å². The van der Waals surface area contributed by atoms with Gasteiger partial charge in [0, 0.05) is 31.0 Å². The first-order valence-electron chi connectivity index (χ1n) is 5.09. The minimum absolute atomic E-state index is 0.0314. The summed E-state index contributed by atoms with van der Waals surface area (Å²) in [6, 6.07) is 0.275. The minimum atomic E-state index is 0.0314. The largest absolute Gasteiger partial charge is 0.328 e. The molecule has 1 atom stereocenters. The molecule has 0 aliphatic carbocycles. The monoisotopic (exact) mass is 197 g/mol. The van der Waals surface area contributed by atoms with Gasteiger partial charge in [-0.2, -0.15) is 0 Å².